The molecule has 0 heteroatoms. The normalized spacial score (nSPS) is 12.1. The molecule has 0 aromatic heterocycles. The first-order chi connectivity index (χ1) is 23.5. The fraction of sp³-hybridized carbons (Fsp3) is 0.0833. The molecule has 228 valence electrons. The van der Waals surface area contributed by atoms with E-state index in [4.69, 9.17) is 0 Å². The Balaban J connectivity index is 1.43. The van der Waals surface area contributed by atoms with E-state index in [-0.39, 0.29) is 5.41 Å². The zero-order valence-electron chi connectivity index (χ0n) is 27.6. The number of fused-ring (bicyclic) bond motifs is 6. The lowest BCUT2D eigenvalue weighted by Crippen LogP contribution is -2.10. The van der Waals surface area contributed by atoms with Crippen LogP contribution in [0.15, 0.2) is 164 Å². The molecule has 48 heavy (non-hydrogen) atoms. The smallest absolute Gasteiger partial charge is 0.00199 e. The van der Waals surface area contributed by atoms with Crippen LogP contribution in [0.1, 0.15) is 26.3 Å². The second-order valence-corrected chi connectivity index (χ2v) is 14.1. The lowest BCUT2D eigenvalue weighted by Gasteiger charge is -2.22. The van der Waals surface area contributed by atoms with Gasteiger partial charge < -0.3 is 0 Å². The first kappa shape index (κ1) is 28.5. The lowest BCUT2D eigenvalue weighted by atomic mass is 9.82. The van der Waals surface area contributed by atoms with Crippen molar-refractivity contribution in [1.82, 2.24) is 0 Å². The number of hydrogen-bond donors (Lipinski definition) is 0. The maximum absolute atomic E-state index is 2.46. The summed E-state index contributed by atoms with van der Waals surface area (Å²) < 4.78 is 0. The first-order valence-electron chi connectivity index (χ1n) is 16.9. The fourth-order valence-electron chi connectivity index (χ4n) is 7.81. The third-order valence-corrected chi connectivity index (χ3v) is 10.2. The highest BCUT2D eigenvalue weighted by atomic mass is 14.2. The summed E-state index contributed by atoms with van der Waals surface area (Å²) in [5.74, 6) is 0. The van der Waals surface area contributed by atoms with Crippen molar-refractivity contribution < 1.29 is 0 Å². The minimum atomic E-state index is 0.0818. The molecular weight excluding hydrogens is 577 g/mol. The molecule has 0 heterocycles. The van der Waals surface area contributed by atoms with Crippen molar-refractivity contribution in [1.29, 1.82) is 0 Å². The predicted molar refractivity (Wildman–Crippen MR) is 209 cm³/mol. The van der Waals surface area contributed by atoms with Gasteiger partial charge in [-0.3, -0.25) is 0 Å². The molecule has 0 radical (unpaired) electrons. The topological polar surface area (TPSA) is 0 Å². The van der Waals surface area contributed by atoms with Gasteiger partial charge in [0, 0.05) is 0 Å². The van der Waals surface area contributed by atoms with Gasteiger partial charge in [0.25, 0.3) is 0 Å². The Morgan fingerprint density at radius 3 is 1.67 bits per heavy atom. The van der Waals surface area contributed by atoms with Gasteiger partial charge in [-0.1, -0.05) is 172 Å². The van der Waals surface area contributed by atoms with Crippen molar-refractivity contribution in [3.63, 3.8) is 0 Å². The molecule has 0 unspecified atom stereocenters. The summed E-state index contributed by atoms with van der Waals surface area (Å²) in [7, 11) is 0. The summed E-state index contributed by atoms with van der Waals surface area (Å²) in [5, 5.41) is 12.8. The zero-order chi connectivity index (χ0) is 32.4. The van der Waals surface area contributed by atoms with Crippen LogP contribution in [0.25, 0.3) is 87.2 Å². The minimum Gasteiger partial charge on any atom is -0.0622 e. The van der Waals surface area contributed by atoms with E-state index in [0.717, 1.165) is 0 Å². The van der Waals surface area contributed by atoms with Gasteiger partial charge in [0.1, 0.15) is 0 Å². The van der Waals surface area contributed by atoms with Crippen molar-refractivity contribution in [2.24, 2.45) is 0 Å². The molecule has 0 fully saturated rings. The van der Waals surface area contributed by atoms with Crippen molar-refractivity contribution in [3.05, 3.63) is 169 Å². The van der Waals surface area contributed by atoms with E-state index in [1.807, 2.05) is 0 Å². The molecule has 0 aliphatic heterocycles. The van der Waals surface area contributed by atoms with E-state index >= 15 is 0 Å². The summed E-state index contributed by atoms with van der Waals surface area (Å²) in [6.07, 6.45) is 0. The Morgan fingerprint density at radius 1 is 0.312 bits per heavy atom. The largest absolute Gasteiger partial charge is 0.0622 e. The predicted octanol–water partition coefficient (Wildman–Crippen LogP) is 13.8. The average molecular weight is 613 g/mol. The van der Waals surface area contributed by atoms with Crippen molar-refractivity contribution in [3.8, 4) is 33.4 Å². The monoisotopic (exact) mass is 612 g/mol. The molecular formula is C48H36. The van der Waals surface area contributed by atoms with Crippen LogP contribution >= 0.6 is 0 Å². The van der Waals surface area contributed by atoms with Crippen LogP contribution < -0.4 is 0 Å². The summed E-state index contributed by atoms with van der Waals surface area (Å²) in [4.78, 5) is 0. The van der Waals surface area contributed by atoms with E-state index in [1.165, 1.54) is 92.8 Å². The van der Waals surface area contributed by atoms with Gasteiger partial charge in [-0.2, -0.15) is 0 Å². The van der Waals surface area contributed by atoms with Crippen LogP contribution in [0.2, 0.25) is 0 Å². The minimum absolute atomic E-state index is 0.0818. The molecule has 0 nitrogen and oxygen atoms in total. The third kappa shape index (κ3) is 4.52. The molecule has 0 aliphatic rings. The van der Waals surface area contributed by atoms with Crippen LogP contribution in [-0.4, -0.2) is 0 Å². The van der Waals surface area contributed by atoms with Crippen LogP contribution in [0.4, 0.5) is 0 Å². The highest BCUT2D eigenvalue weighted by Gasteiger charge is 2.20. The first-order valence-corrected chi connectivity index (χ1v) is 16.9. The molecule has 0 aliphatic carbocycles. The van der Waals surface area contributed by atoms with E-state index in [2.05, 4.69) is 185 Å². The van der Waals surface area contributed by atoms with Crippen molar-refractivity contribution >= 4 is 53.9 Å². The summed E-state index contributed by atoms with van der Waals surface area (Å²) in [6.45, 7) is 6.87. The molecule has 0 atom stereocenters. The van der Waals surface area contributed by atoms with Gasteiger partial charge in [0.15, 0.2) is 0 Å². The Hall–Kier alpha value is -5.72. The molecule has 0 amide bonds. The molecule has 0 spiro atoms. The number of hydrogen-bond acceptors (Lipinski definition) is 0. The van der Waals surface area contributed by atoms with Crippen molar-refractivity contribution in [2.75, 3.05) is 0 Å². The Labute approximate surface area is 281 Å². The maximum atomic E-state index is 2.46. The molecule has 9 aromatic carbocycles. The van der Waals surface area contributed by atoms with E-state index in [9.17, 15) is 0 Å². The second kappa shape index (κ2) is 10.9. The SMILES string of the molecule is CC(C)(C)c1ccc2c(-c3c4ccccc4c(-c4ccccc4)c4ccc(-c5cc6ccccc6c6ccccc56)cc34)cccc2c1. The summed E-state index contributed by atoms with van der Waals surface area (Å²) in [5.41, 5.74) is 9.02. The summed E-state index contributed by atoms with van der Waals surface area (Å²) >= 11 is 0. The van der Waals surface area contributed by atoms with E-state index in [0.29, 0.717) is 0 Å². The van der Waals surface area contributed by atoms with Gasteiger partial charge in [0.05, 0.1) is 0 Å². The van der Waals surface area contributed by atoms with Gasteiger partial charge in [0.2, 0.25) is 0 Å². The highest BCUT2D eigenvalue weighted by molar-refractivity contribution is 6.24. The molecule has 0 bridgehead atoms. The molecule has 9 aromatic rings. The fourth-order valence-corrected chi connectivity index (χ4v) is 7.81. The standard InChI is InChI=1S/C48H36/c1-48(2,3)35-25-27-37-32(28-35)17-13-23-40(37)47-42-22-12-11-21-41(42)46(31-14-5-4-6-15-31)43-26-24-34(30-45(43)47)44-29-33-16-7-8-18-36(33)38-19-9-10-20-39(38)44/h4-30H,1-3H3. The second-order valence-electron chi connectivity index (χ2n) is 14.1. The molecule has 0 saturated carbocycles. The molecule has 9 rings (SSSR count). The van der Waals surface area contributed by atoms with Crippen LogP contribution in [0.5, 0.6) is 0 Å². The van der Waals surface area contributed by atoms with Gasteiger partial charge in [-0.15, -0.1) is 0 Å². The van der Waals surface area contributed by atoms with E-state index in [1.54, 1.807) is 0 Å². The third-order valence-electron chi connectivity index (χ3n) is 10.2. The molecule has 0 N–H and O–H groups in total. The quantitative estimate of drug-likeness (QED) is 0.138. The Kier molecular flexibility index (Phi) is 6.49. The van der Waals surface area contributed by atoms with E-state index < -0.39 is 0 Å². The maximum Gasteiger partial charge on any atom is -0.00199 e. The van der Waals surface area contributed by atoms with Gasteiger partial charge >= 0.3 is 0 Å². The van der Waals surface area contributed by atoms with Crippen LogP contribution in [-0.2, 0) is 5.41 Å². The van der Waals surface area contributed by atoms with Gasteiger partial charge in [-0.25, -0.2) is 0 Å². The number of rotatable bonds is 3. The number of benzene rings is 9. The summed E-state index contributed by atoms with van der Waals surface area (Å²) in [6, 6.07) is 60.9. The highest BCUT2D eigenvalue weighted by Crippen LogP contribution is 2.47. The lowest BCUT2D eigenvalue weighted by molar-refractivity contribution is 0.591. The van der Waals surface area contributed by atoms with Gasteiger partial charge in [-0.05, 0) is 110 Å². The Bertz CT molecular complexity index is 2690. The average Bonchev–Trinajstić information content (AvgIpc) is 3.13. The van der Waals surface area contributed by atoms with Crippen LogP contribution in [0.3, 0.4) is 0 Å². The molecule has 0 saturated heterocycles. The van der Waals surface area contributed by atoms with Crippen LogP contribution in [0, 0.1) is 0 Å². The zero-order valence-corrected chi connectivity index (χ0v) is 27.6. The Morgan fingerprint density at radius 2 is 0.896 bits per heavy atom. The van der Waals surface area contributed by atoms with Crippen molar-refractivity contribution in [2.45, 2.75) is 26.2 Å².